The lowest BCUT2D eigenvalue weighted by molar-refractivity contribution is -0.134. The summed E-state index contributed by atoms with van der Waals surface area (Å²) in [6.45, 7) is 0.238. The third-order valence-electron chi connectivity index (χ3n) is 1.66. The number of rotatable bonds is 3. The molecule has 0 aliphatic carbocycles. The SMILES string of the molecule is COC(=O)/C=C/OCC#Cc1ccccc1. The lowest BCUT2D eigenvalue weighted by Crippen LogP contribution is -1.94. The van der Waals surface area contributed by atoms with Gasteiger partial charge in [-0.05, 0) is 12.1 Å². The summed E-state index contributed by atoms with van der Waals surface area (Å²) in [7, 11) is 1.31. The van der Waals surface area contributed by atoms with E-state index < -0.39 is 5.97 Å². The Bertz CT molecular complexity index is 410. The van der Waals surface area contributed by atoms with Crippen molar-refractivity contribution in [2.45, 2.75) is 0 Å². The molecule has 1 rings (SSSR count). The molecule has 0 radical (unpaired) electrons. The average molecular weight is 216 g/mol. The van der Waals surface area contributed by atoms with Crippen LogP contribution in [0.1, 0.15) is 5.56 Å². The molecule has 0 aliphatic rings. The van der Waals surface area contributed by atoms with E-state index in [1.807, 2.05) is 30.3 Å². The Balaban J connectivity index is 2.29. The number of hydrogen-bond donors (Lipinski definition) is 0. The van der Waals surface area contributed by atoms with Crippen LogP contribution in [0.15, 0.2) is 42.7 Å². The summed E-state index contributed by atoms with van der Waals surface area (Å²) in [5.74, 6) is 5.29. The zero-order chi connectivity index (χ0) is 11.6. The van der Waals surface area contributed by atoms with Crippen LogP contribution in [0, 0.1) is 11.8 Å². The maximum atomic E-state index is 10.6. The van der Waals surface area contributed by atoms with Crippen molar-refractivity contribution in [1.29, 1.82) is 0 Å². The van der Waals surface area contributed by atoms with Gasteiger partial charge in [0.2, 0.25) is 0 Å². The molecular formula is C13H12O3. The van der Waals surface area contributed by atoms with Gasteiger partial charge in [-0.3, -0.25) is 0 Å². The molecule has 0 spiro atoms. The number of esters is 1. The van der Waals surface area contributed by atoms with Crippen LogP contribution in [0.2, 0.25) is 0 Å². The maximum Gasteiger partial charge on any atom is 0.333 e. The minimum Gasteiger partial charge on any atom is -0.488 e. The highest BCUT2D eigenvalue weighted by atomic mass is 16.5. The lowest BCUT2D eigenvalue weighted by Gasteiger charge is -1.92. The summed E-state index contributed by atoms with van der Waals surface area (Å²) in [6.07, 6.45) is 2.47. The largest absolute Gasteiger partial charge is 0.488 e. The second kappa shape index (κ2) is 7.13. The topological polar surface area (TPSA) is 35.5 Å². The molecule has 82 valence electrons. The van der Waals surface area contributed by atoms with Gasteiger partial charge in [0.15, 0.2) is 0 Å². The van der Waals surface area contributed by atoms with Gasteiger partial charge < -0.3 is 9.47 Å². The summed E-state index contributed by atoms with van der Waals surface area (Å²) in [5.41, 5.74) is 0.933. The summed E-state index contributed by atoms with van der Waals surface area (Å²) >= 11 is 0. The second-order valence-corrected chi connectivity index (χ2v) is 2.80. The molecule has 0 N–H and O–H groups in total. The second-order valence-electron chi connectivity index (χ2n) is 2.80. The Morgan fingerprint density at radius 2 is 2.12 bits per heavy atom. The molecule has 16 heavy (non-hydrogen) atoms. The van der Waals surface area contributed by atoms with E-state index in [9.17, 15) is 4.79 Å². The third kappa shape index (κ3) is 4.87. The monoisotopic (exact) mass is 216 g/mol. The Labute approximate surface area is 94.7 Å². The number of methoxy groups -OCH3 is 1. The molecule has 3 heteroatoms. The van der Waals surface area contributed by atoms with E-state index in [0.717, 1.165) is 5.56 Å². The van der Waals surface area contributed by atoms with E-state index in [2.05, 4.69) is 16.6 Å². The summed E-state index contributed by atoms with van der Waals surface area (Å²) < 4.78 is 9.36. The average Bonchev–Trinajstić information content (AvgIpc) is 2.34. The van der Waals surface area contributed by atoms with Crippen molar-refractivity contribution in [3.8, 4) is 11.8 Å². The Kier molecular flexibility index (Phi) is 5.29. The number of benzene rings is 1. The highest BCUT2D eigenvalue weighted by Gasteiger charge is 1.88. The van der Waals surface area contributed by atoms with E-state index in [4.69, 9.17) is 4.74 Å². The number of ether oxygens (including phenoxy) is 2. The van der Waals surface area contributed by atoms with Gasteiger partial charge in [-0.15, -0.1) is 0 Å². The van der Waals surface area contributed by atoms with Crippen molar-refractivity contribution in [2.75, 3.05) is 13.7 Å². The molecule has 0 saturated heterocycles. The van der Waals surface area contributed by atoms with Crippen molar-refractivity contribution in [1.82, 2.24) is 0 Å². The fraction of sp³-hybridized carbons (Fsp3) is 0.154. The molecule has 1 aromatic rings. The zero-order valence-corrected chi connectivity index (χ0v) is 8.97. The molecule has 0 aromatic heterocycles. The molecule has 0 saturated carbocycles. The lowest BCUT2D eigenvalue weighted by atomic mass is 10.2. The number of hydrogen-bond acceptors (Lipinski definition) is 3. The molecule has 0 fully saturated rings. The first-order valence-corrected chi connectivity index (χ1v) is 4.73. The van der Waals surface area contributed by atoms with Gasteiger partial charge >= 0.3 is 5.97 Å². The van der Waals surface area contributed by atoms with Crippen LogP contribution in [0.4, 0.5) is 0 Å². The summed E-state index contributed by atoms with van der Waals surface area (Å²) in [6, 6.07) is 9.60. The van der Waals surface area contributed by atoms with Crippen LogP contribution in [0.5, 0.6) is 0 Å². The standard InChI is InChI=1S/C13H12O3/c1-15-13(14)9-11-16-10-5-8-12-6-3-2-4-7-12/h2-4,6-7,9,11H,10H2,1H3/b11-9+. The highest BCUT2D eigenvalue weighted by molar-refractivity contribution is 5.81. The van der Waals surface area contributed by atoms with Gasteiger partial charge in [0.05, 0.1) is 19.4 Å². The zero-order valence-electron chi connectivity index (χ0n) is 8.97. The highest BCUT2D eigenvalue weighted by Crippen LogP contribution is 1.94. The Morgan fingerprint density at radius 3 is 2.81 bits per heavy atom. The third-order valence-corrected chi connectivity index (χ3v) is 1.66. The predicted molar refractivity (Wildman–Crippen MR) is 60.4 cm³/mol. The minimum atomic E-state index is -0.448. The maximum absolute atomic E-state index is 10.6. The van der Waals surface area contributed by atoms with Crippen LogP contribution < -0.4 is 0 Å². The molecule has 0 heterocycles. The van der Waals surface area contributed by atoms with E-state index >= 15 is 0 Å². The number of carbonyl (C=O) groups is 1. The van der Waals surface area contributed by atoms with Crippen LogP contribution in [0.3, 0.4) is 0 Å². The van der Waals surface area contributed by atoms with Crippen molar-refractivity contribution in [3.05, 3.63) is 48.2 Å². The van der Waals surface area contributed by atoms with E-state index in [-0.39, 0.29) is 6.61 Å². The molecule has 3 nitrogen and oxygen atoms in total. The molecule has 0 atom stereocenters. The smallest absolute Gasteiger partial charge is 0.333 e. The first-order valence-electron chi connectivity index (χ1n) is 4.73. The van der Waals surface area contributed by atoms with E-state index in [0.29, 0.717) is 0 Å². The van der Waals surface area contributed by atoms with Crippen LogP contribution in [-0.2, 0) is 14.3 Å². The molecule has 0 aliphatic heterocycles. The van der Waals surface area contributed by atoms with E-state index in [1.165, 1.54) is 19.4 Å². The summed E-state index contributed by atoms with van der Waals surface area (Å²) in [4.78, 5) is 10.6. The van der Waals surface area contributed by atoms with Crippen molar-refractivity contribution < 1.29 is 14.3 Å². The minimum absolute atomic E-state index is 0.238. The van der Waals surface area contributed by atoms with Gasteiger partial charge in [-0.2, -0.15) is 0 Å². The van der Waals surface area contributed by atoms with Crippen molar-refractivity contribution >= 4 is 5.97 Å². The van der Waals surface area contributed by atoms with Crippen molar-refractivity contribution in [2.24, 2.45) is 0 Å². The first-order chi connectivity index (χ1) is 7.83. The van der Waals surface area contributed by atoms with Gasteiger partial charge in [-0.1, -0.05) is 30.0 Å². The molecule has 0 unspecified atom stereocenters. The fourth-order valence-corrected chi connectivity index (χ4v) is 0.921. The fourth-order valence-electron chi connectivity index (χ4n) is 0.921. The molecular weight excluding hydrogens is 204 g/mol. The summed E-state index contributed by atoms with van der Waals surface area (Å²) in [5, 5.41) is 0. The van der Waals surface area contributed by atoms with Crippen LogP contribution in [0.25, 0.3) is 0 Å². The Hall–Kier alpha value is -2.21. The quantitative estimate of drug-likeness (QED) is 0.254. The number of carbonyl (C=O) groups excluding carboxylic acids is 1. The van der Waals surface area contributed by atoms with Crippen molar-refractivity contribution in [3.63, 3.8) is 0 Å². The van der Waals surface area contributed by atoms with Crippen LogP contribution >= 0.6 is 0 Å². The normalized spacial score (nSPS) is 9.31. The first kappa shape index (κ1) is 11.9. The molecule has 0 bridgehead atoms. The molecule has 0 amide bonds. The van der Waals surface area contributed by atoms with Gasteiger partial charge in [0, 0.05) is 5.56 Å². The van der Waals surface area contributed by atoms with Gasteiger partial charge in [0.1, 0.15) is 6.61 Å². The van der Waals surface area contributed by atoms with E-state index in [1.54, 1.807) is 0 Å². The van der Waals surface area contributed by atoms with Gasteiger partial charge in [0.25, 0.3) is 0 Å². The Morgan fingerprint density at radius 1 is 1.38 bits per heavy atom. The predicted octanol–water partition coefficient (Wildman–Crippen LogP) is 1.74. The van der Waals surface area contributed by atoms with Crippen LogP contribution in [-0.4, -0.2) is 19.7 Å². The molecule has 1 aromatic carbocycles. The van der Waals surface area contributed by atoms with Gasteiger partial charge in [-0.25, -0.2) is 4.79 Å².